The van der Waals surface area contributed by atoms with E-state index in [4.69, 9.17) is 11.6 Å². The standard InChI is InChI=1S/C19H24ClN3O.ClH/c1-4-22(5-2)13-14-23(18-12-8-9-15(3)21-18)19(24)16-10-6-7-11-17(16)20;/h6-12H,4-5,13-14H2,1-3H3;1H. The van der Waals surface area contributed by atoms with Gasteiger partial charge >= 0.3 is 0 Å². The second-order valence-electron chi connectivity index (χ2n) is 5.78. The smallest absolute Gasteiger partial charge is 0.261 e. The molecule has 2 rings (SSSR count). The lowest BCUT2D eigenvalue weighted by molar-refractivity contribution is -0.894. The summed E-state index contributed by atoms with van der Waals surface area (Å²) in [5.74, 6) is 0.566. The van der Waals surface area contributed by atoms with Crippen LogP contribution in [0.25, 0.3) is 0 Å². The fourth-order valence-electron chi connectivity index (χ4n) is 2.65. The average Bonchev–Trinajstić information content (AvgIpc) is 2.59. The summed E-state index contributed by atoms with van der Waals surface area (Å²) >= 11 is 6.23. The molecule has 1 amide bonds. The molecule has 1 heterocycles. The maximum Gasteiger partial charge on any atom is 0.261 e. The fraction of sp³-hybridized carbons (Fsp3) is 0.368. The summed E-state index contributed by atoms with van der Waals surface area (Å²) in [5, 5.41) is 0.468. The number of aryl methyl sites for hydroxylation is 1. The Bertz CT molecular complexity index is 690. The Morgan fingerprint density at radius 1 is 1.12 bits per heavy atom. The van der Waals surface area contributed by atoms with Crippen molar-refractivity contribution < 1.29 is 22.1 Å². The van der Waals surface area contributed by atoms with Crippen molar-refractivity contribution in [1.82, 2.24) is 4.98 Å². The van der Waals surface area contributed by atoms with Gasteiger partial charge in [-0.25, -0.2) is 4.98 Å². The molecule has 0 fully saturated rings. The van der Waals surface area contributed by atoms with E-state index in [1.54, 1.807) is 17.0 Å². The van der Waals surface area contributed by atoms with Gasteiger partial charge in [0.05, 0.1) is 36.8 Å². The van der Waals surface area contributed by atoms with Gasteiger partial charge < -0.3 is 17.3 Å². The van der Waals surface area contributed by atoms with Crippen LogP contribution in [0.3, 0.4) is 0 Å². The van der Waals surface area contributed by atoms with Gasteiger partial charge in [-0.2, -0.15) is 0 Å². The van der Waals surface area contributed by atoms with Gasteiger partial charge in [-0.15, -0.1) is 0 Å². The maximum atomic E-state index is 13.1. The van der Waals surface area contributed by atoms with Crippen LogP contribution in [0.15, 0.2) is 42.5 Å². The van der Waals surface area contributed by atoms with Crippen molar-refractivity contribution >= 4 is 23.3 Å². The maximum absolute atomic E-state index is 13.1. The highest BCUT2D eigenvalue weighted by molar-refractivity contribution is 6.34. The second kappa shape index (κ2) is 10.4. The Kier molecular flexibility index (Phi) is 8.90. The van der Waals surface area contributed by atoms with Crippen molar-refractivity contribution in [1.29, 1.82) is 0 Å². The predicted octanol–water partition coefficient (Wildman–Crippen LogP) is -0.381. The normalized spacial score (nSPS) is 10.4. The molecule has 1 aromatic heterocycles. The van der Waals surface area contributed by atoms with E-state index in [0.717, 1.165) is 25.3 Å². The summed E-state index contributed by atoms with van der Waals surface area (Å²) in [6.07, 6.45) is 0. The molecule has 1 N–H and O–H groups in total. The minimum Gasteiger partial charge on any atom is -1.00 e. The molecule has 1 aromatic carbocycles. The summed E-state index contributed by atoms with van der Waals surface area (Å²) in [6.45, 7) is 9.79. The third-order valence-corrected chi connectivity index (χ3v) is 4.52. The third-order valence-electron chi connectivity index (χ3n) is 4.19. The fourth-order valence-corrected chi connectivity index (χ4v) is 2.87. The first-order valence-corrected chi connectivity index (χ1v) is 8.78. The average molecular weight is 382 g/mol. The molecule has 2 aromatic rings. The molecule has 6 heteroatoms. The predicted molar refractivity (Wildman–Crippen MR) is 99.0 cm³/mol. The molecule has 0 aliphatic heterocycles. The quantitative estimate of drug-likeness (QED) is 0.709. The number of pyridine rings is 1. The molecular weight excluding hydrogens is 357 g/mol. The SMILES string of the molecule is CC[NH+](CC)CCN(C(=O)c1ccccc1Cl)c1cccc(C)n1.[Cl-]. The van der Waals surface area contributed by atoms with Crippen molar-refractivity contribution in [3.8, 4) is 0 Å². The van der Waals surface area contributed by atoms with E-state index in [0.29, 0.717) is 22.9 Å². The number of benzene rings is 1. The number of aromatic nitrogens is 1. The highest BCUT2D eigenvalue weighted by atomic mass is 35.5. The van der Waals surface area contributed by atoms with Gasteiger partial charge in [-0.1, -0.05) is 29.8 Å². The number of likely N-dealkylation sites (N-methyl/N-ethyl adjacent to an activating group) is 1. The van der Waals surface area contributed by atoms with Crippen LogP contribution in [0.2, 0.25) is 5.02 Å². The molecule has 0 aliphatic rings. The zero-order valence-electron chi connectivity index (χ0n) is 14.9. The van der Waals surface area contributed by atoms with Crippen LogP contribution in [-0.4, -0.2) is 37.1 Å². The summed E-state index contributed by atoms with van der Waals surface area (Å²) < 4.78 is 0. The van der Waals surface area contributed by atoms with Crippen molar-refractivity contribution in [2.75, 3.05) is 31.1 Å². The number of carbonyl (C=O) groups is 1. The van der Waals surface area contributed by atoms with E-state index in [2.05, 4.69) is 18.8 Å². The number of nitrogens with one attached hydrogen (secondary N) is 1. The van der Waals surface area contributed by atoms with Crippen LogP contribution in [0.5, 0.6) is 0 Å². The Labute approximate surface area is 161 Å². The Morgan fingerprint density at radius 2 is 1.80 bits per heavy atom. The molecule has 0 radical (unpaired) electrons. The Morgan fingerprint density at radius 3 is 2.40 bits per heavy atom. The van der Waals surface area contributed by atoms with Gasteiger partial charge in [-0.05, 0) is 45.0 Å². The zero-order chi connectivity index (χ0) is 17.5. The number of carbonyl (C=O) groups excluding carboxylic acids is 1. The van der Waals surface area contributed by atoms with Crippen LogP contribution in [0, 0.1) is 6.92 Å². The minimum absolute atomic E-state index is 0. The number of anilines is 1. The molecule has 25 heavy (non-hydrogen) atoms. The Hall–Kier alpha value is -1.62. The van der Waals surface area contributed by atoms with Crippen molar-refractivity contribution in [2.24, 2.45) is 0 Å². The van der Waals surface area contributed by atoms with Crippen molar-refractivity contribution in [3.05, 3.63) is 58.7 Å². The largest absolute Gasteiger partial charge is 1.00 e. The lowest BCUT2D eigenvalue weighted by Gasteiger charge is -2.25. The Balaban J connectivity index is 0.00000312. The molecular formula is C19H25Cl2N3O. The number of rotatable bonds is 7. The second-order valence-corrected chi connectivity index (χ2v) is 6.19. The highest BCUT2D eigenvalue weighted by Crippen LogP contribution is 2.20. The van der Waals surface area contributed by atoms with Gasteiger partial charge in [-0.3, -0.25) is 9.69 Å². The van der Waals surface area contributed by atoms with Gasteiger partial charge in [0.1, 0.15) is 5.82 Å². The molecule has 4 nitrogen and oxygen atoms in total. The van der Waals surface area contributed by atoms with Crippen molar-refractivity contribution in [3.63, 3.8) is 0 Å². The number of amides is 1. The van der Waals surface area contributed by atoms with Crippen LogP contribution in [0.4, 0.5) is 5.82 Å². The molecule has 0 saturated carbocycles. The number of halogens is 2. The number of quaternary nitrogens is 1. The van der Waals surface area contributed by atoms with Gasteiger partial charge in [0.15, 0.2) is 0 Å². The van der Waals surface area contributed by atoms with Gasteiger partial charge in [0.25, 0.3) is 5.91 Å². The number of hydrogen-bond donors (Lipinski definition) is 1. The van der Waals surface area contributed by atoms with E-state index < -0.39 is 0 Å². The molecule has 0 unspecified atom stereocenters. The minimum atomic E-state index is -0.106. The van der Waals surface area contributed by atoms with Crippen molar-refractivity contribution in [2.45, 2.75) is 20.8 Å². The topological polar surface area (TPSA) is 37.6 Å². The van der Waals surface area contributed by atoms with Crippen LogP contribution < -0.4 is 22.2 Å². The van der Waals surface area contributed by atoms with E-state index in [1.807, 2.05) is 37.3 Å². The summed E-state index contributed by atoms with van der Waals surface area (Å²) in [4.78, 5) is 20.8. The summed E-state index contributed by atoms with van der Waals surface area (Å²) in [6, 6.07) is 12.9. The highest BCUT2D eigenvalue weighted by Gasteiger charge is 2.22. The van der Waals surface area contributed by atoms with Gasteiger partial charge in [0, 0.05) is 5.69 Å². The number of hydrogen-bond acceptors (Lipinski definition) is 2. The monoisotopic (exact) mass is 381 g/mol. The first kappa shape index (κ1) is 21.4. The number of nitrogens with zero attached hydrogens (tertiary/aromatic N) is 2. The molecule has 0 saturated heterocycles. The molecule has 0 atom stereocenters. The molecule has 0 bridgehead atoms. The van der Waals surface area contributed by atoms with E-state index in [9.17, 15) is 4.79 Å². The summed E-state index contributed by atoms with van der Waals surface area (Å²) in [5.41, 5.74) is 1.40. The molecule has 0 spiro atoms. The third kappa shape index (κ3) is 5.70. The van der Waals surface area contributed by atoms with Crippen LogP contribution in [-0.2, 0) is 0 Å². The van der Waals surface area contributed by atoms with Crippen LogP contribution >= 0.6 is 11.6 Å². The summed E-state index contributed by atoms with van der Waals surface area (Å²) in [7, 11) is 0. The van der Waals surface area contributed by atoms with E-state index >= 15 is 0 Å². The van der Waals surface area contributed by atoms with Gasteiger partial charge in [0.2, 0.25) is 0 Å². The van der Waals surface area contributed by atoms with Crippen LogP contribution in [0.1, 0.15) is 29.9 Å². The lowest BCUT2D eigenvalue weighted by Crippen LogP contribution is -3.12. The molecule has 0 aliphatic carbocycles. The van der Waals surface area contributed by atoms with E-state index in [-0.39, 0.29) is 18.3 Å². The van der Waals surface area contributed by atoms with E-state index in [1.165, 1.54) is 4.90 Å². The first-order valence-electron chi connectivity index (χ1n) is 8.40. The lowest BCUT2D eigenvalue weighted by atomic mass is 10.2. The molecule has 136 valence electrons. The first-order chi connectivity index (χ1) is 11.6. The zero-order valence-corrected chi connectivity index (χ0v) is 16.4.